The Labute approximate surface area is 112 Å². The number of carbonyl (C=O) groups is 1. The summed E-state index contributed by atoms with van der Waals surface area (Å²) in [6.07, 6.45) is 0. The van der Waals surface area contributed by atoms with Gasteiger partial charge >= 0.3 is 0 Å². The van der Waals surface area contributed by atoms with Crippen molar-refractivity contribution in [3.05, 3.63) is 58.5 Å². The van der Waals surface area contributed by atoms with Crippen molar-refractivity contribution in [2.24, 2.45) is 0 Å². The second kappa shape index (κ2) is 5.71. The van der Waals surface area contributed by atoms with Crippen molar-refractivity contribution < 1.29 is 14.0 Å². The molecule has 19 heavy (non-hydrogen) atoms. The molecule has 0 saturated carbocycles. The van der Waals surface area contributed by atoms with E-state index in [0.29, 0.717) is 17.9 Å². The van der Waals surface area contributed by atoms with Crippen LogP contribution in [0, 0.1) is 20.8 Å². The van der Waals surface area contributed by atoms with Crippen LogP contribution in [0.25, 0.3) is 0 Å². The SMILES string of the molecule is Cc1oc(C)c(C(=O)NOCc2ccccc2)c1C. The van der Waals surface area contributed by atoms with E-state index in [1.54, 1.807) is 6.92 Å². The van der Waals surface area contributed by atoms with Gasteiger partial charge in [-0.05, 0) is 26.3 Å². The molecular weight excluding hydrogens is 242 g/mol. The quantitative estimate of drug-likeness (QED) is 0.858. The lowest BCUT2D eigenvalue weighted by molar-refractivity contribution is 0.0232. The second-order valence-electron chi connectivity index (χ2n) is 4.42. The molecule has 1 heterocycles. The molecule has 0 aliphatic rings. The smallest absolute Gasteiger partial charge is 0.278 e. The summed E-state index contributed by atoms with van der Waals surface area (Å²) in [6.45, 7) is 5.80. The van der Waals surface area contributed by atoms with Crippen LogP contribution in [-0.2, 0) is 11.4 Å². The van der Waals surface area contributed by atoms with E-state index in [4.69, 9.17) is 9.25 Å². The average molecular weight is 259 g/mol. The fourth-order valence-electron chi connectivity index (χ4n) is 1.94. The maximum atomic E-state index is 12.0. The zero-order valence-corrected chi connectivity index (χ0v) is 11.3. The minimum absolute atomic E-state index is 0.275. The van der Waals surface area contributed by atoms with Crippen molar-refractivity contribution in [2.45, 2.75) is 27.4 Å². The minimum Gasteiger partial charge on any atom is -0.466 e. The van der Waals surface area contributed by atoms with E-state index in [1.807, 2.05) is 44.2 Å². The third-order valence-corrected chi connectivity index (χ3v) is 3.03. The van der Waals surface area contributed by atoms with Gasteiger partial charge in [0.25, 0.3) is 5.91 Å². The molecule has 1 amide bonds. The molecule has 0 unspecified atom stereocenters. The molecule has 4 nitrogen and oxygen atoms in total. The van der Waals surface area contributed by atoms with Crippen LogP contribution in [0.4, 0.5) is 0 Å². The van der Waals surface area contributed by atoms with Crippen molar-refractivity contribution in [1.29, 1.82) is 0 Å². The number of furan rings is 1. The molecule has 0 saturated heterocycles. The van der Waals surface area contributed by atoms with Crippen molar-refractivity contribution in [3.63, 3.8) is 0 Å². The van der Waals surface area contributed by atoms with Crippen molar-refractivity contribution >= 4 is 5.91 Å². The highest BCUT2D eigenvalue weighted by Gasteiger charge is 2.18. The summed E-state index contributed by atoms with van der Waals surface area (Å²) in [5.74, 6) is 1.09. The molecular formula is C15H17NO3. The second-order valence-corrected chi connectivity index (χ2v) is 4.42. The lowest BCUT2D eigenvalue weighted by atomic mass is 10.1. The molecule has 0 aliphatic carbocycles. The molecule has 4 heteroatoms. The van der Waals surface area contributed by atoms with Crippen LogP contribution in [0.5, 0.6) is 0 Å². The first-order chi connectivity index (χ1) is 9.09. The molecule has 0 radical (unpaired) electrons. The first kappa shape index (κ1) is 13.4. The van der Waals surface area contributed by atoms with Gasteiger partial charge in [-0.2, -0.15) is 0 Å². The van der Waals surface area contributed by atoms with Crippen LogP contribution in [0.1, 0.15) is 33.0 Å². The van der Waals surface area contributed by atoms with E-state index < -0.39 is 0 Å². The first-order valence-corrected chi connectivity index (χ1v) is 6.12. The fraction of sp³-hybridized carbons (Fsp3) is 0.267. The van der Waals surface area contributed by atoms with Crippen LogP contribution in [0.15, 0.2) is 34.7 Å². The normalized spacial score (nSPS) is 10.5. The van der Waals surface area contributed by atoms with Gasteiger partial charge in [-0.15, -0.1) is 0 Å². The maximum absolute atomic E-state index is 12.0. The molecule has 1 aromatic carbocycles. The minimum atomic E-state index is -0.275. The van der Waals surface area contributed by atoms with Gasteiger partial charge in [-0.1, -0.05) is 30.3 Å². The summed E-state index contributed by atoms with van der Waals surface area (Å²) in [6, 6.07) is 9.65. The highest BCUT2D eigenvalue weighted by molar-refractivity contribution is 5.96. The Morgan fingerprint density at radius 1 is 1.16 bits per heavy atom. The van der Waals surface area contributed by atoms with Gasteiger partial charge in [-0.25, -0.2) is 5.48 Å². The molecule has 0 aliphatic heterocycles. The Balaban J connectivity index is 1.95. The number of hydrogen-bond donors (Lipinski definition) is 1. The van der Waals surface area contributed by atoms with Gasteiger partial charge in [0.15, 0.2) is 0 Å². The summed E-state index contributed by atoms with van der Waals surface area (Å²) >= 11 is 0. The fourth-order valence-corrected chi connectivity index (χ4v) is 1.94. The number of nitrogens with one attached hydrogen (secondary N) is 1. The summed E-state index contributed by atoms with van der Waals surface area (Å²) in [4.78, 5) is 17.2. The molecule has 2 rings (SSSR count). The summed E-state index contributed by atoms with van der Waals surface area (Å²) in [5.41, 5.74) is 4.84. The van der Waals surface area contributed by atoms with E-state index in [1.165, 1.54) is 0 Å². The van der Waals surface area contributed by atoms with Gasteiger partial charge in [0.1, 0.15) is 11.5 Å². The Bertz CT molecular complexity index is 573. The van der Waals surface area contributed by atoms with Gasteiger partial charge in [0.05, 0.1) is 12.2 Å². The van der Waals surface area contributed by atoms with Gasteiger partial charge in [0, 0.05) is 5.56 Å². The summed E-state index contributed by atoms with van der Waals surface area (Å²) in [7, 11) is 0. The zero-order valence-electron chi connectivity index (χ0n) is 11.3. The van der Waals surface area contributed by atoms with Gasteiger partial charge in [-0.3, -0.25) is 9.63 Å². The number of hydroxylamine groups is 1. The highest BCUT2D eigenvalue weighted by atomic mass is 16.6. The highest BCUT2D eigenvalue weighted by Crippen LogP contribution is 2.20. The molecule has 2 aromatic rings. The van der Waals surface area contributed by atoms with Crippen LogP contribution < -0.4 is 5.48 Å². The number of benzene rings is 1. The predicted octanol–water partition coefficient (Wildman–Crippen LogP) is 3.07. The number of hydrogen-bond acceptors (Lipinski definition) is 3. The van der Waals surface area contributed by atoms with E-state index in [2.05, 4.69) is 5.48 Å². The average Bonchev–Trinajstić information content (AvgIpc) is 2.64. The third-order valence-electron chi connectivity index (χ3n) is 3.03. The van der Waals surface area contributed by atoms with Crippen molar-refractivity contribution in [2.75, 3.05) is 0 Å². The standard InChI is InChI=1S/C15H17NO3/c1-10-11(2)19-12(3)14(10)15(17)16-18-9-13-7-5-4-6-8-13/h4-8H,9H2,1-3H3,(H,16,17). The number of amides is 1. The monoisotopic (exact) mass is 259 g/mol. The van der Waals surface area contributed by atoms with Crippen LogP contribution in [0.2, 0.25) is 0 Å². The zero-order chi connectivity index (χ0) is 13.8. The lowest BCUT2D eigenvalue weighted by Crippen LogP contribution is -2.24. The van der Waals surface area contributed by atoms with E-state index >= 15 is 0 Å². The van der Waals surface area contributed by atoms with Crippen molar-refractivity contribution in [3.8, 4) is 0 Å². The van der Waals surface area contributed by atoms with E-state index in [0.717, 1.165) is 16.9 Å². The Hall–Kier alpha value is -2.07. The van der Waals surface area contributed by atoms with Crippen molar-refractivity contribution in [1.82, 2.24) is 5.48 Å². The first-order valence-electron chi connectivity index (χ1n) is 6.12. The number of aryl methyl sites for hydroxylation is 2. The Morgan fingerprint density at radius 2 is 1.84 bits per heavy atom. The van der Waals surface area contributed by atoms with Crippen LogP contribution in [0.3, 0.4) is 0 Å². The lowest BCUT2D eigenvalue weighted by Gasteiger charge is -2.06. The van der Waals surface area contributed by atoms with Gasteiger partial charge in [0.2, 0.25) is 0 Å². The molecule has 1 aromatic heterocycles. The largest absolute Gasteiger partial charge is 0.466 e. The van der Waals surface area contributed by atoms with Crippen LogP contribution in [-0.4, -0.2) is 5.91 Å². The number of rotatable bonds is 4. The third kappa shape index (κ3) is 3.03. The van der Waals surface area contributed by atoms with E-state index in [9.17, 15) is 4.79 Å². The van der Waals surface area contributed by atoms with Gasteiger partial charge < -0.3 is 4.42 Å². The number of carbonyl (C=O) groups excluding carboxylic acids is 1. The molecule has 100 valence electrons. The molecule has 0 fully saturated rings. The molecule has 1 N–H and O–H groups in total. The molecule has 0 spiro atoms. The molecule has 0 atom stereocenters. The maximum Gasteiger partial charge on any atom is 0.278 e. The van der Waals surface area contributed by atoms with E-state index in [-0.39, 0.29) is 5.91 Å². The topological polar surface area (TPSA) is 51.5 Å². The van der Waals surface area contributed by atoms with Crippen LogP contribution >= 0.6 is 0 Å². The Morgan fingerprint density at radius 3 is 2.42 bits per heavy atom. The molecule has 0 bridgehead atoms. The predicted molar refractivity (Wildman–Crippen MR) is 71.6 cm³/mol. The summed E-state index contributed by atoms with van der Waals surface area (Å²) < 4.78 is 5.41. The Kier molecular flexibility index (Phi) is 4.02. The summed E-state index contributed by atoms with van der Waals surface area (Å²) in [5, 5.41) is 0.